The predicted molar refractivity (Wildman–Crippen MR) is 72.0 cm³/mol. The number of rotatable bonds is 4. The van der Waals surface area contributed by atoms with Crippen molar-refractivity contribution in [2.45, 2.75) is 18.4 Å². The van der Waals surface area contributed by atoms with E-state index >= 15 is 0 Å². The van der Waals surface area contributed by atoms with Crippen LogP contribution in [0.2, 0.25) is 0 Å². The monoisotopic (exact) mass is 288 g/mol. The molecular weight excluding hydrogens is 276 g/mol. The quantitative estimate of drug-likeness (QED) is 0.910. The van der Waals surface area contributed by atoms with Gasteiger partial charge in [0.1, 0.15) is 6.33 Å². The third-order valence-corrected chi connectivity index (χ3v) is 4.24. The Morgan fingerprint density at radius 2 is 2.15 bits per heavy atom. The largest absolute Gasteiger partial charge is 0.245 e. The number of nitrogens with one attached hydrogen (secondary N) is 1. The lowest BCUT2D eigenvalue weighted by Crippen LogP contribution is -2.24. The average Bonchev–Trinajstić information content (AvgIpc) is 2.47. The second kappa shape index (κ2) is 5.77. The van der Waals surface area contributed by atoms with Gasteiger partial charge in [0.05, 0.1) is 28.8 Å². The molecule has 1 heterocycles. The summed E-state index contributed by atoms with van der Waals surface area (Å²) in [5, 5.41) is 8.84. The molecule has 0 saturated carbocycles. The molecule has 6 nitrogen and oxygen atoms in total. The van der Waals surface area contributed by atoms with Gasteiger partial charge in [0.2, 0.25) is 10.0 Å². The molecule has 0 bridgehead atoms. The Labute approximate surface area is 117 Å². The maximum Gasteiger partial charge on any atom is 0.241 e. The van der Waals surface area contributed by atoms with Crippen molar-refractivity contribution in [3.63, 3.8) is 0 Å². The topological polar surface area (TPSA) is 95.7 Å². The standard InChI is InChI=1S/C13H12N4O2S/c1-10-2-3-11(7-14)6-13(10)20(18,19)17-8-12-4-5-15-9-16-12/h2-6,9,17H,8H2,1H3. The van der Waals surface area contributed by atoms with Crippen LogP contribution in [0.15, 0.2) is 41.7 Å². The van der Waals surface area contributed by atoms with Crippen LogP contribution >= 0.6 is 0 Å². The predicted octanol–water partition coefficient (Wildman–Crippen LogP) is 1.14. The van der Waals surface area contributed by atoms with Gasteiger partial charge in [-0.3, -0.25) is 0 Å². The molecule has 0 atom stereocenters. The number of nitrogens with zero attached hydrogens (tertiary/aromatic N) is 3. The summed E-state index contributed by atoms with van der Waals surface area (Å²) in [5.74, 6) is 0. The second-order valence-electron chi connectivity index (χ2n) is 4.12. The molecule has 0 saturated heterocycles. The summed E-state index contributed by atoms with van der Waals surface area (Å²) in [7, 11) is -3.68. The number of aryl methyl sites for hydroxylation is 1. The smallest absolute Gasteiger partial charge is 0.241 e. The molecule has 7 heteroatoms. The highest BCUT2D eigenvalue weighted by Crippen LogP contribution is 2.16. The van der Waals surface area contributed by atoms with Crippen molar-refractivity contribution >= 4 is 10.0 Å². The SMILES string of the molecule is Cc1ccc(C#N)cc1S(=O)(=O)NCc1ccncn1. The van der Waals surface area contributed by atoms with Gasteiger partial charge in [-0.05, 0) is 30.7 Å². The molecule has 1 aromatic carbocycles. The Bertz CT molecular complexity index is 752. The molecular formula is C13H12N4O2S. The highest BCUT2D eigenvalue weighted by molar-refractivity contribution is 7.89. The van der Waals surface area contributed by atoms with Crippen LogP contribution in [0.25, 0.3) is 0 Å². The van der Waals surface area contributed by atoms with Crippen LogP contribution in [0.1, 0.15) is 16.8 Å². The van der Waals surface area contributed by atoms with Crippen LogP contribution in [0, 0.1) is 18.3 Å². The number of nitriles is 1. The van der Waals surface area contributed by atoms with E-state index in [1.54, 1.807) is 25.1 Å². The first-order valence-electron chi connectivity index (χ1n) is 5.78. The Kier molecular flexibility index (Phi) is 4.08. The maximum absolute atomic E-state index is 12.2. The molecule has 2 aromatic rings. The van der Waals surface area contributed by atoms with E-state index in [2.05, 4.69) is 14.7 Å². The summed E-state index contributed by atoms with van der Waals surface area (Å²) in [5.41, 5.74) is 1.45. The minimum absolute atomic E-state index is 0.0705. The van der Waals surface area contributed by atoms with Crippen LogP contribution < -0.4 is 4.72 Å². The van der Waals surface area contributed by atoms with Gasteiger partial charge in [-0.15, -0.1) is 0 Å². The van der Waals surface area contributed by atoms with Gasteiger partial charge < -0.3 is 0 Å². The van der Waals surface area contributed by atoms with Crippen molar-refractivity contribution in [1.29, 1.82) is 5.26 Å². The average molecular weight is 288 g/mol. The summed E-state index contributed by atoms with van der Waals surface area (Å²) in [6.45, 7) is 1.75. The molecule has 0 aliphatic heterocycles. The van der Waals surface area contributed by atoms with E-state index in [-0.39, 0.29) is 11.4 Å². The van der Waals surface area contributed by atoms with Crippen LogP contribution in [0.3, 0.4) is 0 Å². The molecule has 1 N–H and O–H groups in total. The molecule has 0 aliphatic carbocycles. The van der Waals surface area contributed by atoms with Crippen molar-refractivity contribution in [2.75, 3.05) is 0 Å². The van der Waals surface area contributed by atoms with Gasteiger partial charge in [0.25, 0.3) is 0 Å². The zero-order chi connectivity index (χ0) is 14.6. The number of hydrogen-bond acceptors (Lipinski definition) is 5. The Hall–Kier alpha value is -2.30. The van der Waals surface area contributed by atoms with Gasteiger partial charge in [-0.25, -0.2) is 23.1 Å². The molecule has 1 aromatic heterocycles. The molecule has 0 spiro atoms. The Balaban J connectivity index is 2.25. The molecule has 0 radical (unpaired) electrons. The second-order valence-corrected chi connectivity index (χ2v) is 5.85. The normalized spacial score (nSPS) is 11.0. The van der Waals surface area contributed by atoms with Crippen LogP contribution in [-0.4, -0.2) is 18.4 Å². The van der Waals surface area contributed by atoms with E-state index < -0.39 is 10.0 Å². The van der Waals surface area contributed by atoms with Crippen molar-refractivity contribution in [2.24, 2.45) is 0 Å². The number of hydrogen-bond donors (Lipinski definition) is 1. The van der Waals surface area contributed by atoms with E-state index in [9.17, 15) is 8.42 Å². The van der Waals surface area contributed by atoms with Crippen molar-refractivity contribution < 1.29 is 8.42 Å². The number of aromatic nitrogens is 2. The fourth-order valence-corrected chi connectivity index (χ4v) is 2.90. The summed E-state index contributed by atoms with van der Waals surface area (Å²) in [6.07, 6.45) is 2.89. The lowest BCUT2D eigenvalue weighted by molar-refractivity contribution is 0.579. The first-order chi connectivity index (χ1) is 9.53. The zero-order valence-electron chi connectivity index (χ0n) is 10.7. The Morgan fingerprint density at radius 1 is 1.35 bits per heavy atom. The first-order valence-corrected chi connectivity index (χ1v) is 7.26. The van der Waals surface area contributed by atoms with E-state index in [4.69, 9.17) is 5.26 Å². The van der Waals surface area contributed by atoms with Gasteiger partial charge in [-0.1, -0.05) is 6.07 Å². The summed E-state index contributed by atoms with van der Waals surface area (Å²) in [4.78, 5) is 7.80. The van der Waals surface area contributed by atoms with Crippen LogP contribution in [0.5, 0.6) is 0 Å². The molecule has 0 unspecified atom stereocenters. The van der Waals surface area contributed by atoms with E-state index in [0.717, 1.165) is 0 Å². The van der Waals surface area contributed by atoms with E-state index in [1.165, 1.54) is 18.6 Å². The maximum atomic E-state index is 12.2. The third-order valence-electron chi connectivity index (χ3n) is 2.69. The fourth-order valence-electron chi connectivity index (χ4n) is 1.63. The molecule has 20 heavy (non-hydrogen) atoms. The third kappa shape index (κ3) is 3.17. The Morgan fingerprint density at radius 3 is 2.80 bits per heavy atom. The lowest BCUT2D eigenvalue weighted by atomic mass is 10.2. The van der Waals surface area contributed by atoms with Crippen molar-refractivity contribution in [1.82, 2.24) is 14.7 Å². The van der Waals surface area contributed by atoms with Gasteiger partial charge >= 0.3 is 0 Å². The van der Waals surface area contributed by atoms with Crippen molar-refractivity contribution in [3.8, 4) is 6.07 Å². The molecule has 0 amide bonds. The minimum Gasteiger partial charge on any atom is -0.245 e. The van der Waals surface area contributed by atoms with Gasteiger partial charge in [-0.2, -0.15) is 5.26 Å². The van der Waals surface area contributed by atoms with Crippen LogP contribution in [0.4, 0.5) is 0 Å². The summed E-state index contributed by atoms with van der Waals surface area (Å²) >= 11 is 0. The summed E-state index contributed by atoms with van der Waals surface area (Å²) < 4.78 is 26.9. The van der Waals surface area contributed by atoms with Crippen molar-refractivity contribution in [3.05, 3.63) is 53.6 Å². The number of benzene rings is 1. The highest BCUT2D eigenvalue weighted by Gasteiger charge is 2.17. The minimum atomic E-state index is -3.68. The molecule has 0 aliphatic rings. The fraction of sp³-hybridized carbons (Fsp3) is 0.154. The van der Waals surface area contributed by atoms with E-state index in [1.807, 2.05) is 6.07 Å². The lowest BCUT2D eigenvalue weighted by Gasteiger charge is -2.09. The zero-order valence-corrected chi connectivity index (χ0v) is 11.6. The molecule has 0 fully saturated rings. The number of sulfonamides is 1. The molecule has 2 rings (SSSR count). The highest BCUT2D eigenvalue weighted by atomic mass is 32.2. The van der Waals surface area contributed by atoms with E-state index in [0.29, 0.717) is 16.8 Å². The molecule has 102 valence electrons. The van der Waals surface area contributed by atoms with Gasteiger partial charge in [0, 0.05) is 6.20 Å². The first kappa shape index (κ1) is 14.1. The van der Waals surface area contributed by atoms with Gasteiger partial charge in [0.15, 0.2) is 0 Å². The van der Waals surface area contributed by atoms with Crippen LogP contribution in [-0.2, 0) is 16.6 Å². The summed E-state index contributed by atoms with van der Waals surface area (Å²) in [6, 6.07) is 8.10.